The summed E-state index contributed by atoms with van der Waals surface area (Å²) in [6.07, 6.45) is -5.75. The number of carbonyl (C=O) groups is 1. The monoisotopic (exact) mass is 223 g/mol. The van der Waals surface area contributed by atoms with Crippen LogP contribution in [0.5, 0.6) is 0 Å². The van der Waals surface area contributed by atoms with Gasteiger partial charge in [-0.25, -0.2) is 4.79 Å². The summed E-state index contributed by atoms with van der Waals surface area (Å²) in [5.41, 5.74) is 0.232. The molecule has 5 nitrogen and oxygen atoms in total. The number of alkyl halides is 3. The van der Waals surface area contributed by atoms with E-state index < -0.39 is 18.8 Å². The van der Waals surface area contributed by atoms with Crippen LogP contribution in [0.25, 0.3) is 0 Å². The van der Waals surface area contributed by atoms with Crippen molar-refractivity contribution < 1.29 is 23.1 Å². The van der Waals surface area contributed by atoms with Crippen LogP contribution in [-0.4, -0.2) is 27.2 Å². The number of hydrogen-bond donors (Lipinski definition) is 2. The summed E-state index contributed by atoms with van der Waals surface area (Å²) in [4.78, 5) is 10.2. The fraction of sp³-hybridized carbons (Fsp3) is 0.429. The van der Waals surface area contributed by atoms with Crippen LogP contribution in [0.1, 0.15) is 5.69 Å². The zero-order valence-electron chi connectivity index (χ0n) is 7.67. The van der Waals surface area contributed by atoms with Gasteiger partial charge in [-0.3, -0.25) is 10.00 Å². The lowest BCUT2D eigenvalue weighted by atomic mass is 10.4. The number of hydrogen-bond acceptors (Lipinski definition) is 2. The van der Waals surface area contributed by atoms with Crippen LogP contribution in [-0.2, 0) is 6.54 Å². The fourth-order valence-corrected chi connectivity index (χ4v) is 1.01. The number of aromatic nitrogens is 2. The van der Waals surface area contributed by atoms with E-state index in [1.54, 1.807) is 0 Å². The Kier molecular flexibility index (Phi) is 2.87. The van der Waals surface area contributed by atoms with E-state index >= 15 is 0 Å². The van der Waals surface area contributed by atoms with Gasteiger partial charge in [-0.2, -0.15) is 18.3 Å². The molecule has 0 saturated heterocycles. The third-order valence-corrected chi connectivity index (χ3v) is 1.55. The summed E-state index contributed by atoms with van der Waals surface area (Å²) in [6.45, 7) is 0.173. The number of nitrogens with zero attached hydrogens (tertiary/aromatic N) is 2. The number of anilines is 1. The Morgan fingerprint density at radius 2 is 2.27 bits per heavy atom. The van der Waals surface area contributed by atoms with Gasteiger partial charge in [-0.15, -0.1) is 0 Å². The maximum atomic E-state index is 12.0. The van der Waals surface area contributed by atoms with E-state index in [4.69, 9.17) is 5.11 Å². The Morgan fingerprint density at radius 1 is 1.67 bits per heavy atom. The molecule has 1 aromatic rings. The summed E-state index contributed by atoms with van der Waals surface area (Å²) in [6, 6.07) is 1.22. The van der Waals surface area contributed by atoms with Crippen LogP contribution in [0, 0.1) is 6.92 Å². The SMILES string of the molecule is Cc1cc(NC(=O)O)nn1CC(F)(F)F. The molecule has 0 saturated carbocycles. The van der Waals surface area contributed by atoms with Crippen LogP contribution >= 0.6 is 0 Å². The van der Waals surface area contributed by atoms with Crippen LogP contribution in [0.15, 0.2) is 6.07 Å². The maximum Gasteiger partial charge on any atom is 0.410 e. The van der Waals surface area contributed by atoms with Gasteiger partial charge in [0, 0.05) is 11.8 Å². The van der Waals surface area contributed by atoms with Crippen LogP contribution in [0.3, 0.4) is 0 Å². The van der Waals surface area contributed by atoms with Crippen LogP contribution < -0.4 is 5.32 Å². The second kappa shape index (κ2) is 3.79. The first kappa shape index (κ1) is 11.3. The second-order valence-electron chi connectivity index (χ2n) is 2.87. The number of halogens is 3. The lowest BCUT2D eigenvalue weighted by Crippen LogP contribution is -2.19. The Balaban J connectivity index is 2.82. The Morgan fingerprint density at radius 3 is 2.73 bits per heavy atom. The molecule has 0 aliphatic rings. The average Bonchev–Trinajstić information content (AvgIpc) is 2.26. The van der Waals surface area contributed by atoms with E-state index in [-0.39, 0.29) is 11.5 Å². The third-order valence-electron chi connectivity index (χ3n) is 1.55. The van der Waals surface area contributed by atoms with E-state index in [1.807, 2.05) is 5.32 Å². The lowest BCUT2D eigenvalue weighted by molar-refractivity contribution is -0.142. The van der Waals surface area contributed by atoms with Gasteiger partial charge >= 0.3 is 12.3 Å². The molecule has 1 amide bonds. The zero-order valence-corrected chi connectivity index (χ0v) is 7.67. The first-order valence-electron chi connectivity index (χ1n) is 3.89. The summed E-state index contributed by atoms with van der Waals surface area (Å²) in [5, 5.41) is 13.6. The molecule has 0 unspecified atom stereocenters. The molecule has 84 valence electrons. The van der Waals surface area contributed by atoms with E-state index in [1.165, 1.54) is 13.0 Å². The predicted molar refractivity (Wildman–Crippen MR) is 44.7 cm³/mol. The van der Waals surface area contributed by atoms with Gasteiger partial charge in [0.15, 0.2) is 5.82 Å². The zero-order chi connectivity index (χ0) is 11.6. The minimum atomic E-state index is -4.38. The molecule has 0 fully saturated rings. The molecule has 1 heterocycles. The molecule has 0 spiro atoms. The van der Waals surface area contributed by atoms with E-state index in [0.29, 0.717) is 4.68 Å². The van der Waals surface area contributed by atoms with Crippen molar-refractivity contribution in [3.05, 3.63) is 11.8 Å². The quantitative estimate of drug-likeness (QED) is 0.803. The molecule has 8 heteroatoms. The van der Waals surface area contributed by atoms with Gasteiger partial charge in [0.25, 0.3) is 0 Å². The standard InChI is InChI=1S/C7H8F3N3O2/c1-4-2-5(11-6(14)15)12-13(4)3-7(8,9)10/h2H,3H2,1H3,(H,11,12)(H,14,15). The van der Waals surface area contributed by atoms with Crippen molar-refractivity contribution in [3.63, 3.8) is 0 Å². The molecule has 0 aliphatic carbocycles. The maximum absolute atomic E-state index is 12.0. The minimum Gasteiger partial charge on any atom is -0.465 e. The van der Waals surface area contributed by atoms with Crippen molar-refractivity contribution >= 4 is 11.9 Å². The first-order chi connectivity index (χ1) is 6.78. The van der Waals surface area contributed by atoms with Crippen molar-refractivity contribution in [3.8, 4) is 0 Å². The van der Waals surface area contributed by atoms with Gasteiger partial charge in [-0.1, -0.05) is 0 Å². The molecular formula is C7H8F3N3O2. The second-order valence-corrected chi connectivity index (χ2v) is 2.87. The number of rotatable bonds is 2. The van der Waals surface area contributed by atoms with Crippen LogP contribution in [0.4, 0.5) is 23.8 Å². The normalized spacial score (nSPS) is 11.5. The molecular weight excluding hydrogens is 215 g/mol. The minimum absolute atomic E-state index is 0.121. The van der Waals surface area contributed by atoms with Crippen LogP contribution in [0.2, 0.25) is 0 Å². The van der Waals surface area contributed by atoms with Gasteiger partial charge < -0.3 is 5.11 Å². The summed E-state index contributed by atoms with van der Waals surface area (Å²) in [7, 11) is 0. The van der Waals surface area contributed by atoms with Crippen molar-refractivity contribution in [2.24, 2.45) is 0 Å². The Bertz CT molecular complexity index is 372. The summed E-state index contributed by atoms with van der Waals surface area (Å²) >= 11 is 0. The number of aryl methyl sites for hydroxylation is 1. The molecule has 1 rings (SSSR count). The third kappa shape index (κ3) is 3.49. The highest BCUT2D eigenvalue weighted by Gasteiger charge is 2.29. The summed E-state index contributed by atoms with van der Waals surface area (Å²) in [5.74, 6) is -0.121. The van der Waals surface area contributed by atoms with Crippen molar-refractivity contribution in [1.82, 2.24) is 9.78 Å². The molecule has 15 heavy (non-hydrogen) atoms. The smallest absolute Gasteiger partial charge is 0.410 e. The van der Waals surface area contributed by atoms with Crippen molar-refractivity contribution in [2.75, 3.05) is 5.32 Å². The number of nitrogens with one attached hydrogen (secondary N) is 1. The largest absolute Gasteiger partial charge is 0.465 e. The highest BCUT2D eigenvalue weighted by atomic mass is 19.4. The van der Waals surface area contributed by atoms with Gasteiger partial charge in [0.1, 0.15) is 6.54 Å². The molecule has 0 atom stereocenters. The Labute approximate surface area is 82.5 Å². The molecule has 0 radical (unpaired) electrons. The van der Waals surface area contributed by atoms with Crippen molar-refractivity contribution in [1.29, 1.82) is 0 Å². The van der Waals surface area contributed by atoms with Gasteiger partial charge in [0.2, 0.25) is 0 Å². The van der Waals surface area contributed by atoms with E-state index in [0.717, 1.165) is 0 Å². The topological polar surface area (TPSA) is 67.2 Å². The lowest BCUT2D eigenvalue weighted by Gasteiger charge is -2.07. The number of carboxylic acid groups (broad SMARTS) is 1. The van der Waals surface area contributed by atoms with Crippen molar-refractivity contribution in [2.45, 2.75) is 19.6 Å². The Hall–Kier alpha value is -1.73. The molecule has 0 bridgehead atoms. The average molecular weight is 223 g/mol. The van der Waals surface area contributed by atoms with Gasteiger partial charge in [-0.05, 0) is 6.92 Å². The van der Waals surface area contributed by atoms with E-state index in [9.17, 15) is 18.0 Å². The number of amides is 1. The fourth-order valence-electron chi connectivity index (χ4n) is 1.01. The molecule has 0 aliphatic heterocycles. The highest BCUT2D eigenvalue weighted by molar-refractivity contribution is 5.81. The molecule has 0 aromatic carbocycles. The first-order valence-corrected chi connectivity index (χ1v) is 3.89. The predicted octanol–water partition coefficient (Wildman–Crippen LogP) is 1.84. The van der Waals surface area contributed by atoms with E-state index in [2.05, 4.69) is 5.10 Å². The summed E-state index contributed by atoms with van der Waals surface area (Å²) < 4.78 is 36.7. The highest BCUT2D eigenvalue weighted by Crippen LogP contribution is 2.19. The molecule has 2 N–H and O–H groups in total. The molecule has 1 aromatic heterocycles. The van der Waals surface area contributed by atoms with Gasteiger partial charge in [0.05, 0.1) is 0 Å².